The molecule has 0 saturated carbocycles. The molecule has 0 aliphatic heterocycles. The Labute approximate surface area is 148 Å². The van der Waals surface area contributed by atoms with Gasteiger partial charge in [0, 0.05) is 19.0 Å². The number of oxazole rings is 1. The normalized spacial score (nSPS) is 11.5. The molecule has 0 bridgehead atoms. The van der Waals surface area contributed by atoms with Crippen molar-refractivity contribution >= 4 is 15.7 Å². The molecule has 0 unspecified atom stereocenters. The Hall–Kier alpha value is -2.60. The van der Waals surface area contributed by atoms with Gasteiger partial charge < -0.3 is 4.42 Å². The number of sulfonamides is 1. The van der Waals surface area contributed by atoms with Crippen LogP contribution < -0.4 is 4.31 Å². The second-order valence-corrected chi connectivity index (χ2v) is 7.56. The molecule has 130 valence electrons. The first-order chi connectivity index (χ1) is 11.9. The standard InChI is InChI=1S/C19H20N2O3S/c1-4-21(17-8-6-5-7-9-17)25(22,23)19-12-16(11-10-14(19)2)18-13-20-15(3)24-18/h5-13H,4H2,1-3H3. The Balaban J connectivity index is 2.10. The van der Waals surface area contributed by atoms with Crippen LogP contribution in [0.2, 0.25) is 0 Å². The lowest BCUT2D eigenvalue weighted by molar-refractivity contribution is 0.534. The summed E-state index contributed by atoms with van der Waals surface area (Å²) >= 11 is 0. The predicted molar refractivity (Wildman–Crippen MR) is 98.1 cm³/mol. The number of nitrogens with zero attached hydrogens (tertiary/aromatic N) is 2. The van der Waals surface area contributed by atoms with Gasteiger partial charge in [-0.15, -0.1) is 0 Å². The summed E-state index contributed by atoms with van der Waals surface area (Å²) in [5.74, 6) is 1.09. The molecule has 5 nitrogen and oxygen atoms in total. The molecule has 3 rings (SSSR count). The molecule has 0 saturated heterocycles. The van der Waals surface area contributed by atoms with Crippen molar-refractivity contribution in [3.8, 4) is 11.3 Å². The number of benzene rings is 2. The molecule has 0 aliphatic rings. The van der Waals surface area contributed by atoms with E-state index in [-0.39, 0.29) is 4.90 Å². The number of para-hydroxylation sites is 1. The Kier molecular flexibility index (Phi) is 4.63. The van der Waals surface area contributed by atoms with Gasteiger partial charge in [-0.25, -0.2) is 13.4 Å². The van der Waals surface area contributed by atoms with Crippen molar-refractivity contribution in [2.75, 3.05) is 10.8 Å². The summed E-state index contributed by atoms with van der Waals surface area (Å²) in [5.41, 5.74) is 2.02. The molecular weight excluding hydrogens is 336 g/mol. The Morgan fingerprint density at radius 2 is 1.80 bits per heavy atom. The van der Waals surface area contributed by atoms with Crippen LogP contribution in [0.15, 0.2) is 64.0 Å². The van der Waals surface area contributed by atoms with Crippen LogP contribution in [0.5, 0.6) is 0 Å². The summed E-state index contributed by atoms with van der Waals surface area (Å²) in [7, 11) is -3.69. The topological polar surface area (TPSA) is 63.4 Å². The third-order valence-corrected chi connectivity index (χ3v) is 6.04. The van der Waals surface area contributed by atoms with Crippen LogP contribution in [0, 0.1) is 13.8 Å². The van der Waals surface area contributed by atoms with Crippen LogP contribution in [0.4, 0.5) is 5.69 Å². The summed E-state index contributed by atoms with van der Waals surface area (Å²) in [6, 6.07) is 14.4. The summed E-state index contributed by atoms with van der Waals surface area (Å²) in [4.78, 5) is 4.35. The average Bonchev–Trinajstić information content (AvgIpc) is 3.03. The first-order valence-electron chi connectivity index (χ1n) is 8.04. The molecule has 2 aromatic carbocycles. The number of hydrogen-bond donors (Lipinski definition) is 0. The van der Waals surface area contributed by atoms with Crippen molar-refractivity contribution in [3.63, 3.8) is 0 Å². The lowest BCUT2D eigenvalue weighted by atomic mass is 10.1. The third-order valence-electron chi connectivity index (χ3n) is 3.99. The molecule has 0 fully saturated rings. The molecule has 0 N–H and O–H groups in total. The molecule has 25 heavy (non-hydrogen) atoms. The second kappa shape index (κ2) is 6.72. The molecule has 0 aliphatic carbocycles. The van der Waals surface area contributed by atoms with E-state index in [1.807, 2.05) is 31.2 Å². The van der Waals surface area contributed by atoms with Gasteiger partial charge in [0.1, 0.15) is 0 Å². The lowest BCUT2D eigenvalue weighted by Crippen LogP contribution is -2.31. The van der Waals surface area contributed by atoms with Crippen LogP contribution in [0.3, 0.4) is 0 Å². The first-order valence-corrected chi connectivity index (χ1v) is 9.48. The summed E-state index contributed by atoms with van der Waals surface area (Å²) in [6.45, 7) is 5.71. The van der Waals surface area contributed by atoms with Crippen molar-refractivity contribution in [2.24, 2.45) is 0 Å². The highest BCUT2D eigenvalue weighted by molar-refractivity contribution is 7.92. The van der Waals surface area contributed by atoms with E-state index in [0.29, 0.717) is 35.0 Å². The number of rotatable bonds is 5. The Morgan fingerprint density at radius 1 is 1.08 bits per heavy atom. The zero-order chi connectivity index (χ0) is 18.0. The SMILES string of the molecule is CCN(c1ccccc1)S(=O)(=O)c1cc(-c2cnc(C)o2)ccc1C. The van der Waals surface area contributed by atoms with E-state index < -0.39 is 10.0 Å². The number of hydrogen-bond acceptors (Lipinski definition) is 4. The van der Waals surface area contributed by atoms with E-state index in [1.54, 1.807) is 44.3 Å². The minimum absolute atomic E-state index is 0.268. The van der Waals surface area contributed by atoms with Gasteiger partial charge >= 0.3 is 0 Å². The van der Waals surface area contributed by atoms with Gasteiger partial charge in [0.2, 0.25) is 0 Å². The first kappa shape index (κ1) is 17.2. The maximum absolute atomic E-state index is 13.3. The van der Waals surface area contributed by atoms with E-state index in [2.05, 4.69) is 4.98 Å². The molecule has 0 spiro atoms. The van der Waals surface area contributed by atoms with Gasteiger partial charge in [0.15, 0.2) is 11.7 Å². The van der Waals surface area contributed by atoms with Gasteiger partial charge in [-0.05, 0) is 37.6 Å². The minimum Gasteiger partial charge on any atom is -0.441 e. The highest BCUT2D eigenvalue weighted by Gasteiger charge is 2.26. The van der Waals surface area contributed by atoms with Crippen molar-refractivity contribution in [1.82, 2.24) is 4.98 Å². The van der Waals surface area contributed by atoms with Crippen LogP contribution in [-0.2, 0) is 10.0 Å². The average molecular weight is 356 g/mol. The van der Waals surface area contributed by atoms with Crippen LogP contribution in [0.25, 0.3) is 11.3 Å². The van der Waals surface area contributed by atoms with E-state index in [0.717, 1.165) is 0 Å². The van der Waals surface area contributed by atoms with Gasteiger partial charge in [0.05, 0.1) is 16.8 Å². The van der Waals surface area contributed by atoms with E-state index >= 15 is 0 Å². The lowest BCUT2D eigenvalue weighted by Gasteiger charge is -2.24. The Bertz CT molecular complexity index is 979. The Morgan fingerprint density at radius 3 is 2.40 bits per heavy atom. The zero-order valence-electron chi connectivity index (χ0n) is 14.4. The smallest absolute Gasteiger partial charge is 0.264 e. The quantitative estimate of drug-likeness (QED) is 0.688. The molecule has 0 atom stereocenters. The van der Waals surface area contributed by atoms with Crippen molar-refractivity contribution in [3.05, 3.63) is 66.2 Å². The fourth-order valence-corrected chi connectivity index (χ4v) is 4.46. The maximum Gasteiger partial charge on any atom is 0.264 e. The number of aryl methyl sites for hydroxylation is 2. The summed E-state index contributed by atoms with van der Waals surface area (Å²) in [5, 5.41) is 0. The molecule has 0 amide bonds. The van der Waals surface area contributed by atoms with Gasteiger partial charge in [-0.1, -0.05) is 30.3 Å². The minimum atomic E-state index is -3.69. The van der Waals surface area contributed by atoms with E-state index in [1.165, 1.54) is 4.31 Å². The van der Waals surface area contributed by atoms with E-state index in [4.69, 9.17) is 4.42 Å². The second-order valence-electron chi connectivity index (χ2n) is 5.73. The zero-order valence-corrected chi connectivity index (χ0v) is 15.2. The van der Waals surface area contributed by atoms with E-state index in [9.17, 15) is 8.42 Å². The maximum atomic E-state index is 13.3. The molecular formula is C19H20N2O3S. The van der Waals surface area contributed by atoms with Crippen LogP contribution in [0.1, 0.15) is 18.4 Å². The molecule has 1 heterocycles. The largest absolute Gasteiger partial charge is 0.441 e. The molecule has 1 aromatic heterocycles. The van der Waals surface area contributed by atoms with Crippen molar-refractivity contribution in [2.45, 2.75) is 25.7 Å². The highest BCUT2D eigenvalue weighted by Crippen LogP contribution is 2.29. The number of aromatic nitrogens is 1. The highest BCUT2D eigenvalue weighted by atomic mass is 32.2. The van der Waals surface area contributed by atoms with Gasteiger partial charge in [0.25, 0.3) is 10.0 Å². The third kappa shape index (κ3) is 3.30. The molecule has 0 radical (unpaired) electrons. The van der Waals surface area contributed by atoms with Gasteiger partial charge in [-0.3, -0.25) is 4.31 Å². The van der Waals surface area contributed by atoms with Gasteiger partial charge in [-0.2, -0.15) is 0 Å². The summed E-state index contributed by atoms with van der Waals surface area (Å²) in [6.07, 6.45) is 1.60. The van der Waals surface area contributed by atoms with Crippen molar-refractivity contribution in [1.29, 1.82) is 0 Å². The van der Waals surface area contributed by atoms with Crippen LogP contribution in [-0.4, -0.2) is 19.9 Å². The van der Waals surface area contributed by atoms with Crippen molar-refractivity contribution < 1.29 is 12.8 Å². The molecule has 6 heteroatoms. The fraction of sp³-hybridized carbons (Fsp3) is 0.211. The van der Waals surface area contributed by atoms with Crippen LogP contribution >= 0.6 is 0 Å². The summed E-state index contributed by atoms with van der Waals surface area (Å²) < 4.78 is 33.4. The predicted octanol–water partition coefficient (Wildman–Crippen LogP) is 4.17. The molecule has 3 aromatic rings. The fourth-order valence-electron chi connectivity index (χ4n) is 2.73. The monoisotopic (exact) mass is 356 g/mol. The number of anilines is 1.